The molecule has 0 bridgehead atoms. The van der Waals surface area contributed by atoms with Crippen molar-refractivity contribution < 1.29 is 14.6 Å². The van der Waals surface area contributed by atoms with Gasteiger partial charge in [0.2, 0.25) is 0 Å². The number of allylic oxidation sites excluding steroid dienone is 1. The Morgan fingerprint density at radius 1 is 1.64 bits per heavy atom. The summed E-state index contributed by atoms with van der Waals surface area (Å²) in [5.41, 5.74) is 0. The van der Waals surface area contributed by atoms with Crippen LogP contribution in [0.15, 0.2) is 12.3 Å². The van der Waals surface area contributed by atoms with Crippen LogP contribution < -0.4 is 0 Å². The standard InChI is InChI=1S/C6H10O2.CH4O.CH4/c1-6(2)8-5-3-4-7;1-2;/h4H,1,3,5H2,2H3;2H,1H3;1H4. The molecule has 0 fully saturated rings. The number of hydrogen-bond donors (Lipinski definition) is 1. The Bertz CT molecular complexity index is 89.3. The molecule has 0 saturated heterocycles. The van der Waals surface area contributed by atoms with E-state index >= 15 is 0 Å². The minimum atomic E-state index is 0. The summed E-state index contributed by atoms with van der Waals surface area (Å²) in [4.78, 5) is 9.68. The third kappa shape index (κ3) is 27.1. The van der Waals surface area contributed by atoms with E-state index < -0.39 is 0 Å². The Hall–Kier alpha value is -0.830. The molecule has 68 valence electrons. The van der Waals surface area contributed by atoms with Crippen LogP contribution in [0.2, 0.25) is 0 Å². The van der Waals surface area contributed by atoms with Gasteiger partial charge in [-0.15, -0.1) is 0 Å². The van der Waals surface area contributed by atoms with E-state index in [0.717, 1.165) is 13.4 Å². The predicted molar refractivity (Wildman–Crippen MR) is 46.3 cm³/mol. The molecule has 0 spiro atoms. The van der Waals surface area contributed by atoms with Crippen LogP contribution >= 0.6 is 0 Å². The lowest BCUT2D eigenvalue weighted by Gasteiger charge is -1.98. The Labute approximate surface area is 68.7 Å². The zero-order valence-corrected chi connectivity index (χ0v) is 6.46. The highest BCUT2D eigenvalue weighted by Crippen LogP contribution is 1.89. The highest BCUT2D eigenvalue weighted by atomic mass is 16.5. The van der Waals surface area contributed by atoms with Gasteiger partial charge in [-0.3, -0.25) is 0 Å². The lowest BCUT2D eigenvalue weighted by molar-refractivity contribution is -0.108. The summed E-state index contributed by atoms with van der Waals surface area (Å²) in [5.74, 6) is 0.659. The van der Waals surface area contributed by atoms with Crippen molar-refractivity contribution in [3.8, 4) is 0 Å². The van der Waals surface area contributed by atoms with E-state index in [-0.39, 0.29) is 7.43 Å². The molecular weight excluding hydrogens is 144 g/mol. The summed E-state index contributed by atoms with van der Waals surface area (Å²) >= 11 is 0. The van der Waals surface area contributed by atoms with E-state index in [1.54, 1.807) is 6.92 Å². The topological polar surface area (TPSA) is 46.5 Å². The molecule has 0 unspecified atom stereocenters. The Morgan fingerprint density at radius 2 is 2.09 bits per heavy atom. The number of aldehydes is 1. The SMILES string of the molecule is C.C=C(C)OCCC=O.CO. The van der Waals surface area contributed by atoms with Crippen molar-refractivity contribution in [2.45, 2.75) is 20.8 Å². The van der Waals surface area contributed by atoms with Gasteiger partial charge in [-0.1, -0.05) is 14.0 Å². The molecule has 0 atom stereocenters. The summed E-state index contributed by atoms with van der Waals surface area (Å²) in [7, 11) is 1.00. The molecule has 0 saturated carbocycles. The Morgan fingerprint density at radius 3 is 2.36 bits per heavy atom. The smallest absolute Gasteiger partial charge is 0.123 e. The molecule has 0 aromatic carbocycles. The average molecular weight is 162 g/mol. The van der Waals surface area contributed by atoms with Gasteiger partial charge in [0, 0.05) is 13.5 Å². The minimum Gasteiger partial charge on any atom is -0.498 e. The number of rotatable bonds is 4. The normalized spacial score (nSPS) is 6.45. The molecule has 0 aliphatic carbocycles. The van der Waals surface area contributed by atoms with Gasteiger partial charge in [0.25, 0.3) is 0 Å². The van der Waals surface area contributed by atoms with E-state index in [0.29, 0.717) is 18.8 Å². The van der Waals surface area contributed by atoms with Crippen molar-refractivity contribution in [2.24, 2.45) is 0 Å². The fourth-order valence-corrected chi connectivity index (χ4v) is 0.281. The zero-order chi connectivity index (χ0) is 8.41. The van der Waals surface area contributed by atoms with E-state index in [1.807, 2.05) is 0 Å². The summed E-state index contributed by atoms with van der Waals surface area (Å²) in [6.07, 6.45) is 1.27. The fraction of sp³-hybridized carbons (Fsp3) is 0.625. The van der Waals surface area contributed by atoms with Crippen LogP contribution in [0.25, 0.3) is 0 Å². The molecular formula is C8H18O3. The summed E-state index contributed by atoms with van der Waals surface area (Å²) in [5, 5.41) is 7.00. The van der Waals surface area contributed by atoms with Crippen LogP contribution in [-0.4, -0.2) is 25.1 Å². The lowest BCUT2D eigenvalue weighted by Crippen LogP contribution is -1.90. The first-order valence-electron chi connectivity index (χ1n) is 2.94. The van der Waals surface area contributed by atoms with E-state index in [4.69, 9.17) is 9.84 Å². The predicted octanol–water partition coefficient (Wildman–Crippen LogP) is 1.37. The van der Waals surface area contributed by atoms with Crippen LogP contribution in [-0.2, 0) is 9.53 Å². The molecule has 11 heavy (non-hydrogen) atoms. The van der Waals surface area contributed by atoms with Gasteiger partial charge in [-0.05, 0) is 6.92 Å². The summed E-state index contributed by atoms with van der Waals surface area (Å²) in [6, 6.07) is 0. The Kier molecular flexibility index (Phi) is 24.3. The van der Waals surface area contributed by atoms with Crippen molar-refractivity contribution >= 4 is 6.29 Å². The van der Waals surface area contributed by atoms with Gasteiger partial charge < -0.3 is 14.6 Å². The molecule has 0 aliphatic heterocycles. The third-order valence-electron chi connectivity index (χ3n) is 0.584. The van der Waals surface area contributed by atoms with E-state index in [1.165, 1.54) is 0 Å². The van der Waals surface area contributed by atoms with E-state index in [9.17, 15) is 4.79 Å². The second-order valence-electron chi connectivity index (χ2n) is 1.51. The number of aliphatic hydroxyl groups is 1. The van der Waals surface area contributed by atoms with Crippen LogP contribution in [0, 0.1) is 0 Å². The van der Waals surface area contributed by atoms with Crippen molar-refractivity contribution in [1.29, 1.82) is 0 Å². The van der Waals surface area contributed by atoms with Gasteiger partial charge in [0.1, 0.15) is 6.29 Å². The molecule has 0 rings (SSSR count). The first-order chi connectivity index (χ1) is 4.77. The van der Waals surface area contributed by atoms with Gasteiger partial charge in [0.05, 0.1) is 12.4 Å². The molecule has 3 heteroatoms. The molecule has 0 aromatic heterocycles. The number of carbonyl (C=O) groups excluding carboxylic acids is 1. The molecule has 1 N–H and O–H groups in total. The highest BCUT2D eigenvalue weighted by Gasteiger charge is 1.82. The molecule has 0 heterocycles. The second kappa shape index (κ2) is 16.1. The quantitative estimate of drug-likeness (QED) is 0.386. The van der Waals surface area contributed by atoms with Crippen LogP contribution in [0.1, 0.15) is 20.8 Å². The highest BCUT2D eigenvalue weighted by molar-refractivity contribution is 5.49. The molecule has 0 amide bonds. The number of carbonyl (C=O) groups is 1. The van der Waals surface area contributed by atoms with Crippen molar-refractivity contribution in [2.75, 3.05) is 13.7 Å². The van der Waals surface area contributed by atoms with Crippen LogP contribution in [0.4, 0.5) is 0 Å². The summed E-state index contributed by atoms with van der Waals surface area (Å²) in [6.45, 7) is 5.70. The zero-order valence-electron chi connectivity index (χ0n) is 6.46. The lowest BCUT2D eigenvalue weighted by atomic mass is 10.5. The van der Waals surface area contributed by atoms with Crippen molar-refractivity contribution in [3.05, 3.63) is 12.3 Å². The molecule has 3 nitrogen and oxygen atoms in total. The van der Waals surface area contributed by atoms with Gasteiger partial charge in [-0.2, -0.15) is 0 Å². The monoisotopic (exact) mass is 162 g/mol. The summed E-state index contributed by atoms with van der Waals surface area (Å²) < 4.78 is 4.86. The number of hydrogen-bond acceptors (Lipinski definition) is 3. The Balaban J connectivity index is -0.000000196. The molecule has 0 aliphatic rings. The average Bonchev–Trinajstić information content (AvgIpc) is 1.92. The van der Waals surface area contributed by atoms with Crippen molar-refractivity contribution in [3.63, 3.8) is 0 Å². The minimum absolute atomic E-state index is 0. The van der Waals surface area contributed by atoms with Gasteiger partial charge >= 0.3 is 0 Å². The third-order valence-corrected chi connectivity index (χ3v) is 0.584. The van der Waals surface area contributed by atoms with Crippen molar-refractivity contribution in [1.82, 2.24) is 0 Å². The van der Waals surface area contributed by atoms with Crippen LogP contribution in [0.5, 0.6) is 0 Å². The fourth-order valence-electron chi connectivity index (χ4n) is 0.281. The number of ether oxygens (including phenoxy) is 1. The maximum atomic E-state index is 9.68. The first-order valence-corrected chi connectivity index (χ1v) is 2.94. The van der Waals surface area contributed by atoms with Gasteiger partial charge in [0.15, 0.2) is 0 Å². The molecule has 0 radical (unpaired) electrons. The number of aliphatic hydroxyl groups excluding tert-OH is 1. The maximum Gasteiger partial charge on any atom is 0.123 e. The van der Waals surface area contributed by atoms with E-state index in [2.05, 4.69) is 6.58 Å². The second-order valence-corrected chi connectivity index (χ2v) is 1.51. The van der Waals surface area contributed by atoms with Crippen LogP contribution in [0.3, 0.4) is 0 Å². The molecule has 0 aromatic rings. The van der Waals surface area contributed by atoms with Gasteiger partial charge in [-0.25, -0.2) is 0 Å². The maximum absolute atomic E-state index is 9.68. The largest absolute Gasteiger partial charge is 0.498 e. The first kappa shape index (κ1) is 16.6.